The molecule has 0 aliphatic heterocycles. The first-order chi connectivity index (χ1) is 7.51. The van der Waals surface area contributed by atoms with Crippen molar-refractivity contribution in [1.29, 1.82) is 0 Å². The molecule has 0 saturated carbocycles. The molecule has 0 aliphatic carbocycles. The first kappa shape index (κ1) is 11.0. The summed E-state index contributed by atoms with van der Waals surface area (Å²) in [5.41, 5.74) is 8.07. The van der Waals surface area contributed by atoms with Gasteiger partial charge in [0.25, 0.3) is 0 Å². The van der Waals surface area contributed by atoms with Crippen LogP contribution < -0.4 is 10.5 Å². The minimum atomic E-state index is -0.225. The number of rotatable bonds is 3. The lowest BCUT2D eigenvalue weighted by Gasteiger charge is -2.20. The Morgan fingerprint density at radius 2 is 2.06 bits per heavy atom. The van der Waals surface area contributed by atoms with Crippen molar-refractivity contribution in [2.24, 2.45) is 5.73 Å². The Morgan fingerprint density at radius 3 is 2.69 bits per heavy atom. The van der Waals surface area contributed by atoms with Crippen molar-refractivity contribution in [1.82, 2.24) is 4.98 Å². The number of aromatic nitrogens is 1. The van der Waals surface area contributed by atoms with Crippen LogP contribution in [0.15, 0.2) is 24.4 Å². The van der Waals surface area contributed by atoms with Crippen LogP contribution in [-0.2, 0) is 6.42 Å². The molecule has 1 aromatic heterocycles. The summed E-state index contributed by atoms with van der Waals surface area (Å²) in [5.74, 6) is 0.928. The van der Waals surface area contributed by atoms with Gasteiger partial charge in [-0.25, -0.2) is 0 Å². The van der Waals surface area contributed by atoms with Gasteiger partial charge in [0.2, 0.25) is 0 Å². The number of nitrogens with one attached hydrogen (secondary N) is 1. The highest BCUT2D eigenvalue weighted by Gasteiger charge is 2.16. The number of nitrogens with two attached hydrogens (primary N) is 1. The van der Waals surface area contributed by atoms with Gasteiger partial charge in [-0.3, -0.25) is 0 Å². The second-order valence-electron chi connectivity index (χ2n) is 4.86. The summed E-state index contributed by atoms with van der Waals surface area (Å²) in [7, 11) is 1.70. The second-order valence-corrected chi connectivity index (χ2v) is 4.86. The maximum absolute atomic E-state index is 6.05. The zero-order valence-electron chi connectivity index (χ0n) is 10.0. The van der Waals surface area contributed by atoms with Crippen molar-refractivity contribution < 1.29 is 4.74 Å². The topological polar surface area (TPSA) is 51.0 Å². The standard InChI is InChI=1S/C13H18N2O/c1-13(2,14)8-9-4-5-11-10(6-7-15-11)12(9)16-3/h4-7,15H,8,14H2,1-3H3. The highest BCUT2D eigenvalue weighted by atomic mass is 16.5. The normalized spacial score (nSPS) is 12.0. The zero-order chi connectivity index (χ0) is 11.8. The van der Waals surface area contributed by atoms with Gasteiger partial charge in [0.1, 0.15) is 5.75 Å². The third-order valence-electron chi connectivity index (χ3n) is 2.62. The van der Waals surface area contributed by atoms with Gasteiger partial charge in [0.15, 0.2) is 0 Å². The van der Waals surface area contributed by atoms with E-state index in [1.165, 1.54) is 0 Å². The summed E-state index contributed by atoms with van der Waals surface area (Å²) >= 11 is 0. The van der Waals surface area contributed by atoms with Crippen LogP contribution in [0, 0.1) is 0 Å². The fraction of sp³-hybridized carbons (Fsp3) is 0.385. The first-order valence-corrected chi connectivity index (χ1v) is 5.43. The fourth-order valence-electron chi connectivity index (χ4n) is 2.02. The van der Waals surface area contributed by atoms with Crippen LogP contribution in [0.2, 0.25) is 0 Å². The van der Waals surface area contributed by atoms with Gasteiger partial charge >= 0.3 is 0 Å². The highest BCUT2D eigenvalue weighted by Crippen LogP contribution is 2.30. The van der Waals surface area contributed by atoms with Crippen LogP contribution in [0.25, 0.3) is 10.9 Å². The molecule has 0 amide bonds. The van der Waals surface area contributed by atoms with Gasteiger partial charge in [-0.05, 0) is 38.0 Å². The number of hydrogen-bond acceptors (Lipinski definition) is 2. The zero-order valence-corrected chi connectivity index (χ0v) is 10.0. The van der Waals surface area contributed by atoms with Gasteiger partial charge in [-0.1, -0.05) is 6.07 Å². The third-order valence-corrected chi connectivity index (χ3v) is 2.62. The minimum Gasteiger partial charge on any atom is -0.496 e. The lowest BCUT2D eigenvalue weighted by Crippen LogP contribution is -2.34. The van der Waals surface area contributed by atoms with E-state index in [0.717, 1.165) is 28.6 Å². The molecule has 3 heteroatoms. The Balaban J connectivity index is 2.52. The Hall–Kier alpha value is -1.48. The van der Waals surface area contributed by atoms with Crippen molar-refractivity contribution in [3.05, 3.63) is 30.0 Å². The van der Waals surface area contributed by atoms with E-state index >= 15 is 0 Å². The number of fused-ring (bicyclic) bond motifs is 1. The summed E-state index contributed by atoms with van der Waals surface area (Å²) in [5, 5.41) is 1.12. The second kappa shape index (κ2) is 3.83. The van der Waals surface area contributed by atoms with Crippen LogP contribution in [0.3, 0.4) is 0 Å². The van der Waals surface area contributed by atoms with Crippen molar-refractivity contribution in [3.8, 4) is 5.75 Å². The van der Waals surface area contributed by atoms with Crippen LogP contribution >= 0.6 is 0 Å². The molecular formula is C13H18N2O. The van der Waals surface area contributed by atoms with Crippen LogP contribution in [0.5, 0.6) is 5.75 Å². The van der Waals surface area contributed by atoms with E-state index in [1.54, 1.807) is 7.11 Å². The third kappa shape index (κ3) is 2.04. The van der Waals surface area contributed by atoms with Gasteiger partial charge < -0.3 is 15.5 Å². The quantitative estimate of drug-likeness (QED) is 0.831. The SMILES string of the molecule is COc1c(CC(C)(C)N)ccc2[nH]ccc12. The predicted octanol–water partition coefficient (Wildman–Crippen LogP) is 2.46. The van der Waals surface area contributed by atoms with E-state index in [2.05, 4.69) is 17.1 Å². The molecule has 3 N–H and O–H groups in total. The number of hydrogen-bond donors (Lipinski definition) is 2. The van der Waals surface area contributed by atoms with E-state index in [4.69, 9.17) is 10.5 Å². The van der Waals surface area contributed by atoms with Crippen molar-refractivity contribution in [2.45, 2.75) is 25.8 Å². The molecule has 0 fully saturated rings. The first-order valence-electron chi connectivity index (χ1n) is 5.43. The summed E-state index contributed by atoms with van der Waals surface area (Å²) in [4.78, 5) is 3.17. The molecule has 0 spiro atoms. The summed E-state index contributed by atoms with van der Waals surface area (Å²) in [6.45, 7) is 4.04. The van der Waals surface area contributed by atoms with Crippen molar-refractivity contribution >= 4 is 10.9 Å². The fourth-order valence-corrected chi connectivity index (χ4v) is 2.02. The largest absolute Gasteiger partial charge is 0.496 e. The summed E-state index contributed by atoms with van der Waals surface area (Å²) in [6, 6.07) is 6.17. The lowest BCUT2D eigenvalue weighted by molar-refractivity contribution is 0.407. The molecule has 0 atom stereocenters. The van der Waals surface area contributed by atoms with Crippen molar-refractivity contribution in [2.75, 3.05) is 7.11 Å². The maximum atomic E-state index is 6.05. The smallest absolute Gasteiger partial charge is 0.131 e. The molecule has 3 nitrogen and oxygen atoms in total. The molecule has 86 valence electrons. The molecule has 16 heavy (non-hydrogen) atoms. The van der Waals surface area contributed by atoms with Crippen molar-refractivity contribution in [3.63, 3.8) is 0 Å². The minimum absolute atomic E-state index is 0.225. The van der Waals surface area contributed by atoms with Crippen LogP contribution in [0.4, 0.5) is 0 Å². The van der Waals surface area contributed by atoms with Gasteiger partial charge in [-0.15, -0.1) is 0 Å². The maximum Gasteiger partial charge on any atom is 0.131 e. The molecule has 1 aromatic carbocycles. The Bertz CT molecular complexity index is 494. The molecular weight excluding hydrogens is 200 g/mol. The van der Waals surface area contributed by atoms with Crippen LogP contribution in [-0.4, -0.2) is 17.6 Å². The van der Waals surface area contributed by atoms with E-state index in [1.807, 2.05) is 26.1 Å². The molecule has 0 bridgehead atoms. The average Bonchev–Trinajstić information content (AvgIpc) is 2.62. The summed E-state index contributed by atoms with van der Waals surface area (Å²) < 4.78 is 5.49. The van der Waals surface area contributed by atoms with E-state index in [-0.39, 0.29) is 5.54 Å². The van der Waals surface area contributed by atoms with E-state index in [0.29, 0.717) is 0 Å². The van der Waals surface area contributed by atoms with E-state index < -0.39 is 0 Å². The molecule has 2 aromatic rings. The Kier molecular flexibility index (Phi) is 2.64. The van der Waals surface area contributed by atoms with Crippen LogP contribution in [0.1, 0.15) is 19.4 Å². The van der Waals surface area contributed by atoms with E-state index in [9.17, 15) is 0 Å². The number of methoxy groups -OCH3 is 1. The monoisotopic (exact) mass is 218 g/mol. The highest BCUT2D eigenvalue weighted by molar-refractivity contribution is 5.87. The number of benzene rings is 1. The summed E-state index contributed by atoms with van der Waals surface area (Å²) in [6.07, 6.45) is 2.72. The van der Waals surface area contributed by atoms with Gasteiger partial charge in [-0.2, -0.15) is 0 Å². The molecule has 1 heterocycles. The Morgan fingerprint density at radius 1 is 1.31 bits per heavy atom. The lowest BCUT2D eigenvalue weighted by atomic mass is 9.94. The Labute approximate surface area is 95.6 Å². The van der Waals surface area contributed by atoms with Gasteiger partial charge in [0.05, 0.1) is 7.11 Å². The number of H-pyrrole nitrogens is 1. The molecule has 0 radical (unpaired) electrons. The van der Waals surface area contributed by atoms with Gasteiger partial charge in [0, 0.05) is 22.6 Å². The number of ether oxygens (including phenoxy) is 1. The molecule has 0 aliphatic rings. The average molecular weight is 218 g/mol. The number of aromatic amines is 1. The molecule has 2 rings (SSSR count). The predicted molar refractivity (Wildman–Crippen MR) is 66.8 cm³/mol. The molecule has 0 saturated heterocycles. The molecule has 0 unspecified atom stereocenters.